The molecule has 18 heavy (non-hydrogen) atoms. The zero-order valence-corrected chi connectivity index (χ0v) is 9.42. The number of rotatable bonds is 0. The molecule has 0 aliphatic heterocycles. The molecule has 0 aliphatic carbocycles. The number of nitrogens with zero attached hydrogens (tertiary/aromatic N) is 2. The van der Waals surface area contributed by atoms with Crippen molar-refractivity contribution in [2.45, 2.75) is 13.1 Å². The second-order valence-electron chi connectivity index (χ2n) is 3.85. The van der Waals surface area contributed by atoms with Gasteiger partial charge in [0.2, 0.25) is 0 Å². The number of nitrogens with one attached hydrogen (secondary N) is 1. The first kappa shape index (κ1) is 12.3. The van der Waals surface area contributed by atoms with Gasteiger partial charge in [-0.25, -0.2) is 4.79 Å². The first-order valence-electron chi connectivity index (χ1n) is 4.89. The van der Waals surface area contributed by atoms with Gasteiger partial charge in [-0.3, -0.25) is 4.79 Å². The Labute approximate surface area is 97.9 Å². The van der Waals surface area contributed by atoms with Crippen molar-refractivity contribution in [2.24, 2.45) is 7.05 Å². The average Bonchev–Trinajstić information content (AvgIpc) is 2.25. The van der Waals surface area contributed by atoms with Crippen LogP contribution < -0.4 is 11.1 Å². The van der Waals surface area contributed by atoms with Crippen molar-refractivity contribution < 1.29 is 13.2 Å². The van der Waals surface area contributed by atoms with Crippen molar-refractivity contribution in [1.29, 1.82) is 0 Å². The fourth-order valence-corrected chi connectivity index (χ4v) is 1.62. The number of alkyl halides is 3. The molecule has 5 nitrogen and oxygen atoms in total. The van der Waals surface area contributed by atoms with E-state index >= 15 is 0 Å². The summed E-state index contributed by atoms with van der Waals surface area (Å²) in [4.78, 5) is 28.4. The Morgan fingerprint density at radius 1 is 1.33 bits per heavy atom. The van der Waals surface area contributed by atoms with Crippen LogP contribution in [-0.2, 0) is 13.2 Å². The van der Waals surface area contributed by atoms with Crippen LogP contribution in [0.1, 0.15) is 11.3 Å². The van der Waals surface area contributed by atoms with Crippen LogP contribution in [0.4, 0.5) is 13.2 Å². The minimum absolute atomic E-state index is 0.0531. The van der Waals surface area contributed by atoms with Crippen molar-refractivity contribution in [2.75, 3.05) is 0 Å². The standard InChI is InChI=1S/C10H8F3N3O2/c1-4-6(17)5-3-16(2)9(18)15-8(5)14-7(4)10(11,12)13/h3H,1-2H3,(H,14,15,18). The van der Waals surface area contributed by atoms with Crippen molar-refractivity contribution >= 4 is 11.0 Å². The molecule has 2 aromatic rings. The Balaban J connectivity index is 2.98. The Bertz CT molecular complexity index is 743. The molecular weight excluding hydrogens is 251 g/mol. The number of aromatic amines is 1. The predicted molar refractivity (Wildman–Crippen MR) is 57.3 cm³/mol. The molecule has 0 aromatic carbocycles. The number of halogens is 3. The van der Waals surface area contributed by atoms with Gasteiger partial charge in [-0.1, -0.05) is 0 Å². The van der Waals surface area contributed by atoms with Crippen LogP contribution in [0.5, 0.6) is 0 Å². The van der Waals surface area contributed by atoms with Gasteiger partial charge in [0, 0.05) is 18.8 Å². The number of aromatic nitrogens is 3. The molecule has 2 heterocycles. The molecule has 0 aliphatic rings. The van der Waals surface area contributed by atoms with E-state index in [-0.39, 0.29) is 11.0 Å². The molecule has 0 fully saturated rings. The zero-order valence-electron chi connectivity index (χ0n) is 9.42. The molecule has 0 amide bonds. The fraction of sp³-hybridized carbons (Fsp3) is 0.300. The van der Waals surface area contributed by atoms with Crippen LogP contribution in [0.2, 0.25) is 0 Å². The van der Waals surface area contributed by atoms with E-state index in [1.165, 1.54) is 7.05 Å². The Hall–Kier alpha value is -2.12. The fourth-order valence-electron chi connectivity index (χ4n) is 1.62. The minimum atomic E-state index is -4.69. The van der Waals surface area contributed by atoms with Crippen molar-refractivity contribution in [3.8, 4) is 0 Å². The van der Waals surface area contributed by atoms with E-state index in [0.29, 0.717) is 0 Å². The smallest absolute Gasteiger partial charge is 0.335 e. The molecule has 0 bridgehead atoms. The maximum Gasteiger partial charge on any atom is 0.431 e. The molecule has 8 heteroatoms. The molecule has 2 rings (SSSR count). The molecule has 1 N–H and O–H groups in total. The molecule has 0 unspecified atom stereocenters. The second-order valence-corrected chi connectivity index (χ2v) is 3.85. The lowest BCUT2D eigenvalue weighted by Crippen LogP contribution is -2.25. The van der Waals surface area contributed by atoms with Gasteiger partial charge in [0.05, 0.1) is 5.39 Å². The van der Waals surface area contributed by atoms with Crippen LogP contribution in [-0.4, -0.2) is 14.5 Å². The summed E-state index contributed by atoms with van der Waals surface area (Å²) in [6.07, 6.45) is -3.53. The van der Waals surface area contributed by atoms with Crippen LogP contribution in [0.25, 0.3) is 11.0 Å². The highest BCUT2D eigenvalue weighted by molar-refractivity contribution is 5.74. The second kappa shape index (κ2) is 3.69. The van der Waals surface area contributed by atoms with Gasteiger partial charge in [0.25, 0.3) is 0 Å². The minimum Gasteiger partial charge on any atom is -0.335 e. The van der Waals surface area contributed by atoms with E-state index in [9.17, 15) is 22.8 Å². The van der Waals surface area contributed by atoms with Gasteiger partial charge in [-0.05, 0) is 6.92 Å². The maximum atomic E-state index is 12.7. The lowest BCUT2D eigenvalue weighted by atomic mass is 10.1. The van der Waals surface area contributed by atoms with E-state index in [0.717, 1.165) is 17.7 Å². The summed E-state index contributed by atoms with van der Waals surface area (Å²) < 4.78 is 39.0. The average molecular weight is 259 g/mol. The van der Waals surface area contributed by atoms with Crippen molar-refractivity contribution in [3.05, 3.63) is 38.2 Å². The quantitative estimate of drug-likeness (QED) is 0.765. The highest BCUT2D eigenvalue weighted by atomic mass is 19.4. The van der Waals surface area contributed by atoms with E-state index < -0.39 is 28.6 Å². The highest BCUT2D eigenvalue weighted by Gasteiger charge is 2.35. The SMILES string of the molecule is Cc1c(C(F)(F)F)[nH]c2nc(=O)n(C)cc2c1=O. The Morgan fingerprint density at radius 3 is 2.50 bits per heavy atom. The molecule has 0 atom stereocenters. The van der Waals surface area contributed by atoms with Crippen LogP contribution in [0.15, 0.2) is 15.8 Å². The van der Waals surface area contributed by atoms with Gasteiger partial charge in [-0.2, -0.15) is 18.2 Å². The number of aryl methyl sites for hydroxylation is 1. The van der Waals surface area contributed by atoms with Gasteiger partial charge < -0.3 is 9.55 Å². The summed E-state index contributed by atoms with van der Waals surface area (Å²) in [6, 6.07) is 0. The number of H-pyrrole nitrogens is 1. The third-order valence-electron chi connectivity index (χ3n) is 2.57. The van der Waals surface area contributed by atoms with Crippen LogP contribution >= 0.6 is 0 Å². The van der Waals surface area contributed by atoms with Gasteiger partial charge in [0.15, 0.2) is 5.43 Å². The largest absolute Gasteiger partial charge is 0.431 e. The monoisotopic (exact) mass is 259 g/mol. The molecule has 0 spiro atoms. The summed E-state index contributed by atoms with van der Waals surface area (Å²) in [5.41, 5.74) is -3.52. The molecule has 0 saturated heterocycles. The maximum absolute atomic E-state index is 12.7. The van der Waals surface area contributed by atoms with E-state index in [2.05, 4.69) is 4.98 Å². The van der Waals surface area contributed by atoms with Crippen molar-refractivity contribution in [3.63, 3.8) is 0 Å². The van der Waals surface area contributed by atoms with Crippen LogP contribution in [0, 0.1) is 6.92 Å². The van der Waals surface area contributed by atoms with E-state index in [1.807, 2.05) is 4.98 Å². The molecule has 96 valence electrons. The van der Waals surface area contributed by atoms with Crippen molar-refractivity contribution in [1.82, 2.24) is 14.5 Å². The summed E-state index contributed by atoms with van der Waals surface area (Å²) in [7, 11) is 1.36. The molecule has 0 radical (unpaired) electrons. The van der Waals surface area contributed by atoms with E-state index in [4.69, 9.17) is 0 Å². The lowest BCUT2D eigenvalue weighted by molar-refractivity contribution is -0.141. The van der Waals surface area contributed by atoms with E-state index in [1.54, 1.807) is 0 Å². The predicted octanol–water partition coefficient (Wildman–Crippen LogP) is 0.949. The van der Waals surface area contributed by atoms with Gasteiger partial charge in [-0.15, -0.1) is 0 Å². The number of hydrogen-bond donors (Lipinski definition) is 1. The number of hydrogen-bond acceptors (Lipinski definition) is 3. The summed E-state index contributed by atoms with van der Waals surface area (Å²) >= 11 is 0. The third-order valence-corrected chi connectivity index (χ3v) is 2.57. The number of fused-ring (bicyclic) bond motifs is 1. The highest BCUT2D eigenvalue weighted by Crippen LogP contribution is 2.29. The van der Waals surface area contributed by atoms with Gasteiger partial charge >= 0.3 is 11.9 Å². The molecular formula is C10H8F3N3O2. The summed E-state index contributed by atoms with van der Waals surface area (Å²) in [5.74, 6) is 0. The summed E-state index contributed by atoms with van der Waals surface area (Å²) in [6.45, 7) is 1.08. The zero-order chi connectivity index (χ0) is 13.7. The number of pyridine rings is 1. The Kier molecular flexibility index (Phi) is 2.53. The third kappa shape index (κ3) is 1.79. The first-order chi connectivity index (χ1) is 8.21. The van der Waals surface area contributed by atoms with Crippen LogP contribution in [0.3, 0.4) is 0 Å². The topological polar surface area (TPSA) is 67.8 Å². The Morgan fingerprint density at radius 2 is 1.94 bits per heavy atom. The van der Waals surface area contributed by atoms with Gasteiger partial charge in [0.1, 0.15) is 11.3 Å². The molecule has 2 aromatic heterocycles. The summed E-state index contributed by atoms with van der Waals surface area (Å²) in [5, 5.41) is -0.0531. The first-order valence-corrected chi connectivity index (χ1v) is 4.89. The lowest BCUT2D eigenvalue weighted by Gasteiger charge is -2.11. The normalized spacial score (nSPS) is 12.1. The molecule has 0 saturated carbocycles.